The van der Waals surface area contributed by atoms with Gasteiger partial charge in [0.2, 0.25) is 0 Å². The third-order valence-corrected chi connectivity index (χ3v) is 2.42. The number of likely N-dealkylation sites (tertiary alicyclic amines) is 1. The number of rotatable bonds is 3. The fourth-order valence-corrected chi connectivity index (χ4v) is 1.43. The molecule has 2 rings (SSSR count). The van der Waals surface area contributed by atoms with Gasteiger partial charge < -0.3 is 19.1 Å². The van der Waals surface area contributed by atoms with E-state index >= 15 is 0 Å². The maximum atomic E-state index is 11.6. The van der Waals surface area contributed by atoms with Crippen LogP contribution in [0.1, 0.15) is 20.8 Å². The van der Waals surface area contributed by atoms with Crippen molar-refractivity contribution in [2.24, 2.45) is 0 Å². The van der Waals surface area contributed by atoms with Gasteiger partial charge in [0.15, 0.2) is 0 Å². The first-order chi connectivity index (χ1) is 7.44. The molecule has 1 amide bonds. The third-order valence-electron chi connectivity index (χ3n) is 2.42. The molecule has 0 radical (unpaired) electrons. The third kappa shape index (κ3) is 3.35. The average molecular weight is 229 g/mol. The zero-order valence-electron chi connectivity index (χ0n) is 10.1. The van der Waals surface area contributed by atoms with Crippen molar-refractivity contribution in [2.75, 3.05) is 26.3 Å². The summed E-state index contributed by atoms with van der Waals surface area (Å²) in [5.74, 6) is 0. The second kappa shape index (κ2) is 4.22. The van der Waals surface area contributed by atoms with Gasteiger partial charge in [0.1, 0.15) is 11.7 Å². The molecule has 0 bridgehead atoms. The molecule has 2 saturated heterocycles. The van der Waals surface area contributed by atoms with Crippen molar-refractivity contribution in [1.29, 1.82) is 0 Å². The van der Waals surface area contributed by atoms with Crippen LogP contribution in [0.4, 0.5) is 4.79 Å². The highest BCUT2D eigenvalue weighted by molar-refractivity contribution is 5.69. The Morgan fingerprint density at radius 2 is 2.06 bits per heavy atom. The maximum Gasteiger partial charge on any atom is 0.410 e. The van der Waals surface area contributed by atoms with E-state index in [0.717, 1.165) is 6.61 Å². The molecular formula is C11H19NO4. The molecule has 2 heterocycles. The van der Waals surface area contributed by atoms with Gasteiger partial charge in [-0.25, -0.2) is 4.79 Å². The summed E-state index contributed by atoms with van der Waals surface area (Å²) in [4.78, 5) is 13.2. The van der Waals surface area contributed by atoms with E-state index < -0.39 is 5.60 Å². The van der Waals surface area contributed by atoms with Crippen LogP contribution in [-0.4, -0.2) is 55.1 Å². The lowest BCUT2D eigenvalue weighted by molar-refractivity contribution is -0.0658. The van der Waals surface area contributed by atoms with E-state index in [4.69, 9.17) is 14.2 Å². The second-order valence-electron chi connectivity index (χ2n) is 5.30. The minimum atomic E-state index is -0.426. The van der Waals surface area contributed by atoms with Crippen molar-refractivity contribution in [3.05, 3.63) is 0 Å². The van der Waals surface area contributed by atoms with Crippen LogP contribution in [0.5, 0.6) is 0 Å². The number of hydrogen-bond donors (Lipinski definition) is 0. The van der Waals surface area contributed by atoms with Gasteiger partial charge in [-0.2, -0.15) is 0 Å². The predicted molar refractivity (Wildman–Crippen MR) is 57.3 cm³/mol. The molecular weight excluding hydrogens is 210 g/mol. The van der Waals surface area contributed by atoms with Crippen LogP contribution in [0.25, 0.3) is 0 Å². The summed E-state index contributed by atoms with van der Waals surface area (Å²) in [5, 5.41) is 0. The minimum absolute atomic E-state index is 0.150. The molecule has 0 aromatic rings. The molecule has 0 spiro atoms. The monoisotopic (exact) mass is 229 g/mol. The largest absolute Gasteiger partial charge is 0.444 e. The summed E-state index contributed by atoms with van der Waals surface area (Å²) in [5.41, 5.74) is -0.426. The SMILES string of the molecule is CC(C)(C)OC(=O)N1CC(OC[C@@H]2CO2)C1. The van der Waals surface area contributed by atoms with Crippen molar-refractivity contribution in [2.45, 2.75) is 38.6 Å². The van der Waals surface area contributed by atoms with Crippen molar-refractivity contribution in [1.82, 2.24) is 4.90 Å². The van der Waals surface area contributed by atoms with Crippen molar-refractivity contribution in [3.8, 4) is 0 Å². The lowest BCUT2D eigenvalue weighted by atomic mass is 10.2. The fraction of sp³-hybridized carbons (Fsp3) is 0.909. The average Bonchev–Trinajstić information content (AvgIpc) is 2.80. The highest BCUT2D eigenvalue weighted by Gasteiger charge is 2.35. The first-order valence-electron chi connectivity index (χ1n) is 5.65. The summed E-state index contributed by atoms with van der Waals surface area (Å²) in [6.07, 6.45) is 0.183. The summed E-state index contributed by atoms with van der Waals surface area (Å²) < 4.78 is 15.8. The van der Waals surface area contributed by atoms with E-state index in [2.05, 4.69) is 0 Å². The molecule has 5 nitrogen and oxygen atoms in total. The van der Waals surface area contributed by atoms with Gasteiger partial charge >= 0.3 is 6.09 Å². The topological polar surface area (TPSA) is 51.3 Å². The van der Waals surface area contributed by atoms with Crippen molar-refractivity contribution >= 4 is 6.09 Å². The number of epoxide rings is 1. The summed E-state index contributed by atoms with van der Waals surface area (Å²) in [6, 6.07) is 0. The quantitative estimate of drug-likeness (QED) is 0.678. The Kier molecular flexibility index (Phi) is 3.08. The molecule has 0 saturated carbocycles. The molecule has 0 aromatic heterocycles. The zero-order chi connectivity index (χ0) is 11.8. The van der Waals surface area contributed by atoms with E-state index in [1.165, 1.54) is 0 Å². The van der Waals surface area contributed by atoms with Crippen LogP contribution in [0, 0.1) is 0 Å². The first-order valence-corrected chi connectivity index (χ1v) is 5.65. The number of hydrogen-bond acceptors (Lipinski definition) is 4. The van der Waals surface area contributed by atoms with E-state index in [9.17, 15) is 4.79 Å². The van der Waals surface area contributed by atoms with Gasteiger partial charge in [-0.3, -0.25) is 0 Å². The first kappa shape index (κ1) is 11.7. The van der Waals surface area contributed by atoms with Crippen LogP contribution in [0.2, 0.25) is 0 Å². The summed E-state index contributed by atoms with van der Waals surface area (Å²) >= 11 is 0. The Morgan fingerprint density at radius 1 is 1.44 bits per heavy atom. The van der Waals surface area contributed by atoms with E-state index in [-0.39, 0.29) is 18.3 Å². The summed E-state index contributed by atoms with van der Waals surface area (Å²) in [7, 11) is 0. The predicted octanol–water partition coefficient (Wildman–Crippen LogP) is 1.02. The zero-order valence-corrected chi connectivity index (χ0v) is 10.1. The molecule has 5 heteroatoms. The Hall–Kier alpha value is -0.810. The Balaban J connectivity index is 1.61. The lowest BCUT2D eigenvalue weighted by Gasteiger charge is -2.39. The molecule has 2 fully saturated rings. The van der Waals surface area contributed by atoms with E-state index in [0.29, 0.717) is 19.7 Å². The normalized spacial score (nSPS) is 25.2. The molecule has 0 aromatic carbocycles. The van der Waals surface area contributed by atoms with Crippen molar-refractivity contribution in [3.63, 3.8) is 0 Å². The highest BCUT2D eigenvalue weighted by Crippen LogP contribution is 2.18. The molecule has 16 heavy (non-hydrogen) atoms. The molecule has 0 N–H and O–H groups in total. The van der Waals surface area contributed by atoms with Gasteiger partial charge in [-0.1, -0.05) is 0 Å². The fourth-order valence-electron chi connectivity index (χ4n) is 1.43. The van der Waals surface area contributed by atoms with Crippen LogP contribution < -0.4 is 0 Å². The van der Waals surface area contributed by atoms with Gasteiger partial charge in [0.25, 0.3) is 0 Å². The number of nitrogens with zero attached hydrogens (tertiary/aromatic N) is 1. The van der Waals surface area contributed by atoms with Crippen LogP contribution >= 0.6 is 0 Å². The number of carbonyl (C=O) groups excluding carboxylic acids is 1. The van der Waals surface area contributed by atoms with Gasteiger partial charge in [0, 0.05) is 0 Å². The van der Waals surface area contributed by atoms with Gasteiger partial charge in [0.05, 0.1) is 32.4 Å². The highest BCUT2D eigenvalue weighted by atomic mass is 16.6. The molecule has 0 aliphatic carbocycles. The van der Waals surface area contributed by atoms with E-state index in [1.807, 2.05) is 20.8 Å². The smallest absolute Gasteiger partial charge is 0.410 e. The molecule has 92 valence electrons. The second-order valence-corrected chi connectivity index (χ2v) is 5.30. The number of ether oxygens (including phenoxy) is 3. The number of amides is 1. The van der Waals surface area contributed by atoms with Crippen molar-refractivity contribution < 1.29 is 19.0 Å². The Bertz CT molecular complexity index is 264. The Labute approximate surface area is 95.6 Å². The maximum absolute atomic E-state index is 11.6. The molecule has 2 aliphatic rings. The Morgan fingerprint density at radius 3 is 2.56 bits per heavy atom. The van der Waals surface area contributed by atoms with E-state index in [1.54, 1.807) is 4.90 Å². The standard InChI is InChI=1S/C11H19NO4/c1-11(2,3)16-10(13)12-4-8(5-12)14-6-9-7-15-9/h8-9H,4-7H2,1-3H3/t9-/m1/s1. The van der Waals surface area contributed by atoms with Crippen LogP contribution in [0.3, 0.4) is 0 Å². The van der Waals surface area contributed by atoms with Crippen LogP contribution in [-0.2, 0) is 14.2 Å². The lowest BCUT2D eigenvalue weighted by Crippen LogP contribution is -2.56. The van der Waals surface area contributed by atoms with Gasteiger partial charge in [-0.05, 0) is 20.8 Å². The molecule has 1 atom stereocenters. The van der Waals surface area contributed by atoms with Crippen LogP contribution in [0.15, 0.2) is 0 Å². The summed E-state index contributed by atoms with van der Waals surface area (Å²) in [6.45, 7) is 8.30. The molecule has 2 aliphatic heterocycles. The van der Waals surface area contributed by atoms with Gasteiger partial charge in [-0.15, -0.1) is 0 Å². The minimum Gasteiger partial charge on any atom is -0.444 e. The molecule has 0 unspecified atom stereocenters. The number of carbonyl (C=O) groups is 1.